The van der Waals surface area contributed by atoms with Crippen LogP contribution in [0.5, 0.6) is 0 Å². The molecule has 3 fully saturated rings. The van der Waals surface area contributed by atoms with Crippen molar-refractivity contribution < 1.29 is 14.7 Å². The van der Waals surface area contributed by atoms with Gasteiger partial charge in [0.1, 0.15) is 0 Å². The molecule has 0 radical (unpaired) electrons. The summed E-state index contributed by atoms with van der Waals surface area (Å²) < 4.78 is 6.10. The van der Waals surface area contributed by atoms with Crippen molar-refractivity contribution in [2.45, 2.75) is 57.6 Å². The smallest absolute Gasteiger partial charge is 0.246 e. The van der Waals surface area contributed by atoms with Gasteiger partial charge in [-0.15, -0.1) is 0 Å². The number of hydrogen-bond acceptors (Lipinski definition) is 4. The standard InChI is InChI=1S/C16H28N2O3/c1-11-10-21-15-7-13(16(19)17-20)5-6-14(15)9-18(11)8-12-3-2-4-12/h11-15,20H,2-10H2,1H3,(H,17,19)/t11-,13?,14?,15?/m0/s1. The summed E-state index contributed by atoms with van der Waals surface area (Å²) in [5.74, 6) is 1.09. The highest BCUT2D eigenvalue weighted by atomic mass is 16.5. The van der Waals surface area contributed by atoms with E-state index in [9.17, 15) is 4.79 Å². The molecule has 0 aromatic heterocycles. The molecular weight excluding hydrogens is 268 g/mol. The molecule has 1 aliphatic heterocycles. The fourth-order valence-corrected chi connectivity index (χ4v) is 4.05. The third kappa shape index (κ3) is 3.41. The maximum absolute atomic E-state index is 11.6. The number of amides is 1. The summed E-state index contributed by atoms with van der Waals surface area (Å²) >= 11 is 0. The Hall–Kier alpha value is -0.650. The lowest BCUT2D eigenvalue weighted by atomic mass is 9.79. The fraction of sp³-hybridized carbons (Fsp3) is 0.938. The van der Waals surface area contributed by atoms with E-state index >= 15 is 0 Å². The molecule has 1 saturated heterocycles. The predicted molar refractivity (Wildman–Crippen MR) is 78.9 cm³/mol. The summed E-state index contributed by atoms with van der Waals surface area (Å²) in [5, 5.41) is 8.81. The van der Waals surface area contributed by atoms with Gasteiger partial charge in [-0.05, 0) is 50.9 Å². The van der Waals surface area contributed by atoms with Crippen LogP contribution in [0.4, 0.5) is 0 Å². The summed E-state index contributed by atoms with van der Waals surface area (Å²) in [4.78, 5) is 14.2. The Bertz CT molecular complexity index is 373. The van der Waals surface area contributed by atoms with Crippen molar-refractivity contribution in [3.63, 3.8) is 0 Å². The van der Waals surface area contributed by atoms with Gasteiger partial charge in [-0.1, -0.05) is 6.42 Å². The van der Waals surface area contributed by atoms with Gasteiger partial charge in [0.2, 0.25) is 5.91 Å². The van der Waals surface area contributed by atoms with E-state index in [0.717, 1.165) is 38.3 Å². The maximum Gasteiger partial charge on any atom is 0.246 e. The number of carbonyl (C=O) groups is 1. The second-order valence-electron chi connectivity index (χ2n) is 7.22. The second kappa shape index (κ2) is 6.63. The molecular formula is C16H28N2O3. The lowest BCUT2D eigenvalue weighted by molar-refractivity contribution is -0.137. The first-order valence-electron chi connectivity index (χ1n) is 8.47. The second-order valence-corrected chi connectivity index (χ2v) is 7.22. The quantitative estimate of drug-likeness (QED) is 0.616. The van der Waals surface area contributed by atoms with Gasteiger partial charge in [0, 0.05) is 25.0 Å². The number of ether oxygens (including phenoxy) is 1. The first-order valence-corrected chi connectivity index (χ1v) is 8.47. The van der Waals surface area contributed by atoms with E-state index in [4.69, 9.17) is 9.94 Å². The minimum absolute atomic E-state index is 0.0928. The van der Waals surface area contributed by atoms with Crippen molar-refractivity contribution in [1.29, 1.82) is 0 Å². The Morgan fingerprint density at radius 2 is 2.14 bits per heavy atom. The number of rotatable bonds is 3. The van der Waals surface area contributed by atoms with Crippen LogP contribution < -0.4 is 5.48 Å². The van der Waals surface area contributed by atoms with Crippen molar-refractivity contribution in [2.75, 3.05) is 19.7 Å². The molecule has 4 atom stereocenters. The van der Waals surface area contributed by atoms with Gasteiger partial charge >= 0.3 is 0 Å². The van der Waals surface area contributed by atoms with Crippen LogP contribution in [-0.2, 0) is 9.53 Å². The largest absolute Gasteiger partial charge is 0.376 e. The van der Waals surface area contributed by atoms with Gasteiger partial charge in [-0.2, -0.15) is 0 Å². The van der Waals surface area contributed by atoms with Crippen LogP contribution in [0.3, 0.4) is 0 Å². The number of fused-ring (bicyclic) bond motifs is 1. The highest BCUT2D eigenvalue weighted by molar-refractivity contribution is 5.77. The average molecular weight is 296 g/mol. The van der Waals surface area contributed by atoms with Crippen molar-refractivity contribution in [3.05, 3.63) is 0 Å². The molecule has 1 amide bonds. The van der Waals surface area contributed by atoms with Crippen LogP contribution >= 0.6 is 0 Å². The van der Waals surface area contributed by atoms with Crippen molar-refractivity contribution >= 4 is 5.91 Å². The average Bonchev–Trinajstić information content (AvgIpc) is 2.61. The summed E-state index contributed by atoms with van der Waals surface area (Å²) in [6, 6.07) is 0.473. The van der Waals surface area contributed by atoms with Crippen molar-refractivity contribution in [1.82, 2.24) is 10.4 Å². The molecule has 0 bridgehead atoms. The third-order valence-electron chi connectivity index (χ3n) is 5.77. The Balaban J connectivity index is 1.59. The summed E-state index contributed by atoms with van der Waals surface area (Å²) in [6.45, 7) is 5.35. The van der Waals surface area contributed by atoms with Gasteiger partial charge in [0.05, 0.1) is 12.7 Å². The van der Waals surface area contributed by atoms with E-state index in [0.29, 0.717) is 12.0 Å². The van der Waals surface area contributed by atoms with Gasteiger partial charge in [-0.3, -0.25) is 14.9 Å². The molecule has 21 heavy (non-hydrogen) atoms. The van der Waals surface area contributed by atoms with Crippen molar-refractivity contribution in [3.8, 4) is 0 Å². The number of hydroxylamine groups is 1. The van der Waals surface area contributed by atoms with Gasteiger partial charge in [-0.25, -0.2) is 5.48 Å². The van der Waals surface area contributed by atoms with E-state index in [1.807, 2.05) is 0 Å². The monoisotopic (exact) mass is 296 g/mol. The molecule has 0 aromatic carbocycles. The maximum atomic E-state index is 11.6. The topological polar surface area (TPSA) is 61.8 Å². The Morgan fingerprint density at radius 3 is 2.81 bits per heavy atom. The SMILES string of the molecule is C[C@H]1COC2CC(C(=O)NO)CCC2CN1CC1CCC1. The first kappa shape index (κ1) is 15.3. The van der Waals surface area contributed by atoms with Gasteiger partial charge < -0.3 is 4.74 Å². The minimum Gasteiger partial charge on any atom is -0.376 e. The molecule has 5 nitrogen and oxygen atoms in total. The molecule has 2 aliphatic carbocycles. The van der Waals surface area contributed by atoms with Crippen LogP contribution in [-0.4, -0.2) is 47.9 Å². The molecule has 5 heteroatoms. The molecule has 120 valence electrons. The Morgan fingerprint density at radius 1 is 1.33 bits per heavy atom. The van der Waals surface area contributed by atoms with Gasteiger partial charge in [0.15, 0.2) is 0 Å². The van der Waals surface area contributed by atoms with E-state index in [1.54, 1.807) is 5.48 Å². The zero-order valence-corrected chi connectivity index (χ0v) is 13.0. The van der Waals surface area contributed by atoms with Crippen LogP contribution in [0, 0.1) is 17.8 Å². The van der Waals surface area contributed by atoms with Crippen LogP contribution in [0.1, 0.15) is 45.4 Å². The number of nitrogens with one attached hydrogen (secondary N) is 1. The zero-order chi connectivity index (χ0) is 14.8. The minimum atomic E-state index is -0.249. The molecule has 3 aliphatic rings. The van der Waals surface area contributed by atoms with Crippen LogP contribution in [0.25, 0.3) is 0 Å². The number of carbonyl (C=O) groups excluding carboxylic acids is 1. The molecule has 0 aromatic rings. The molecule has 1 heterocycles. The lowest BCUT2D eigenvalue weighted by Crippen LogP contribution is -2.43. The van der Waals surface area contributed by atoms with Crippen LogP contribution in [0.2, 0.25) is 0 Å². The third-order valence-corrected chi connectivity index (χ3v) is 5.77. The van der Waals surface area contributed by atoms with E-state index in [-0.39, 0.29) is 17.9 Å². The zero-order valence-electron chi connectivity index (χ0n) is 13.0. The molecule has 0 spiro atoms. The van der Waals surface area contributed by atoms with Crippen molar-refractivity contribution in [2.24, 2.45) is 17.8 Å². The first-order chi connectivity index (χ1) is 10.2. The van der Waals surface area contributed by atoms with Gasteiger partial charge in [0.25, 0.3) is 0 Å². The molecule has 3 unspecified atom stereocenters. The molecule has 3 rings (SSSR count). The van der Waals surface area contributed by atoms with E-state index in [1.165, 1.54) is 25.8 Å². The predicted octanol–water partition coefficient (Wildman–Crippen LogP) is 1.80. The normalized spacial score (nSPS) is 38.2. The Labute approximate surface area is 127 Å². The summed E-state index contributed by atoms with van der Waals surface area (Å²) in [6.07, 6.45) is 6.98. The molecule has 2 saturated carbocycles. The summed E-state index contributed by atoms with van der Waals surface area (Å²) in [5.41, 5.74) is 1.80. The molecule has 2 N–H and O–H groups in total. The summed E-state index contributed by atoms with van der Waals surface area (Å²) in [7, 11) is 0. The lowest BCUT2D eigenvalue weighted by Gasteiger charge is -2.37. The number of nitrogens with zero attached hydrogens (tertiary/aromatic N) is 1. The Kier molecular flexibility index (Phi) is 4.82. The highest BCUT2D eigenvalue weighted by Crippen LogP contribution is 2.35. The number of hydrogen-bond donors (Lipinski definition) is 2. The van der Waals surface area contributed by atoms with Crippen LogP contribution in [0.15, 0.2) is 0 Å². The fourth-order valence-electron chi connectivity index (χ4n) is 4.05. The highest BCUT2D eigenvalue weighted by Gasteiger charge is 2.38. The van der Waals surface area contributed by atoms with E-state index in [2.05, 4.69) is 11.8 Å². The van der Waals surface area contributed by atoms with E-state index < -0.39 is 0 Å².